The van der Waals surface area contributed by atoms with Crippen LogP contribution >= 0.6 is 0 Å². The third kappa shape index (κ3) is 4.41. The van der Waals surface area contributed by atoms with E-state index in [0.29, 0.717) is 24.5 Å². The summed E-state index contributed by atoms with van der Waals surface area (Å²) in [6, 6.07) is 9.95. The van der Waals surface area contributed by atoms with Crippen molar-refractivity contribution in [1.29, 1.82) is 0 Å². The van der Waals surface area contributed by atoms with Gasteiger partial charge in [0.1, 0.15) is 0 Å². The van der Waals surface area contributed by atoms with Crippen molar-refractivity contribution in [3.05, 3.63) is 70.8 Å². The van der Waals surface area contributed by atoms with Crippen LogP contribution in [0.2, 0.25) is 0 Å². The molecular formula is C23H27N5O2. The number of carbonyl (C=O) groups excluding carboxylic acids is 1. The van der Waals surface area contributed by atoms with Gasteiger partial charge in [-0.3, -0.25) is 9.78 Å². The van der Waals surface area contributed by atoms with Crippen LogP contribution in [0.25, 0.3) is 5.69 Å². The van der Waals surface area contributed by atoms with E-state index in [4.69, 9.17) is 4.74 Å². The molecule has 30 heavy (non-hydrogen) atoms. The Balaban J connectivity index is 1.62. The zero-order valence-electron chi connectivity index (χ0n) is 17.7. The molecule has 4 rings (SSSR count). The van der Waals surface area contributed by atoms with E-state index in [1.165, 1.54) is 5.56 Å². The van der Waals surface area contributed by atoms with E-state index in [0.717, 1.165) is 36.3 Å². The first-order valence-corrected chi connectivity index (χ1v) is 10.3. The molecule has 7 heteroatoms. The highest BCUT2D eigenvalue weighted by atomic mass is 16.5. The molecule has 0 aliphatic carbocycles. The molecule has 1 unspecified atom stereocenters. The van der Waals surface area contributed by atoms with Crippen molar-refractivity contribution in [2.45, 2.75) is 46.3 Å². The molecule has 2 aromatic heterocycles. The van der Waals surface area contributed by atoms with Crippen LogP contribution in [0.3, 0.4) is 0 Å². The Morgan fingerprint density at radius 1 is 1.23 bits per heavy atom. The van der Waals surface area contributed by atoms with Crippen molar-refractivity contribution in [3.8, 4) is 5.69 Å². The lowest BCUT2D eigenvalue weighted by atomic mass is 10.1. The molecule has 156 valence electrons. The van der Waals surface area contributed by atoms with Gasteiger partial charge in [0.25, 0.3) is 5.91 Å². The van der Waals surface area contributed by atoms with E-state index in [2.05, 4.69) is 28.2 Å². The highest BCUT2D eigenvalue weighted by Gasteiger charge is 2.27. The summed E-state index contributed by atoms with van der Waals surface area (Å²) in [6.07, 6.45) is 5.57. The third-order valence-electron chi connectivity index (χ3n) is 5.38. The summed E-state index contributed by atoms with van der Waals surface area (Å²) in [6.45, 7) is 7.64. The Bertz CT molecular complexity index is 1030. The van der Waals surface area contributed by atoms with Crippen LogP contribution < -0.4 is 0 Å². The first-order chi connectivity index (χ1) is 14.5. The van der Waals surface area contributed by atoms with E-state index in [1.54, 1.807) is 22.1 Å². The van der Waals surface area contributed by atoms with Gasteiger partial charge < -0.3 is 9.64 Å². The number of aryl methyl sites for hydroxylation is 3. The summed E-state index contributed by atoms with van der Waals surface area (Å²) in [7, 11) is 0. The maximum absolute atomic E-state index is 13.5. The average molecular weight is 406 g/mol. The summed E-state index contributed by atoms with van der Waals surface area (Å²) in [4.78, 5) is 21.0. The minimum atomic E-state index is -0.136. The normalized spacial score (nSPS) is 16.0. The maximum atomic E-state index is 13.5. The number of aromatic nitrogens is 4. The molecule has 0 N–H and O–H groups in total. The third-order valence-corrected chi connectivity index (χ3v) is 5.38. The number of carbonyl (C=O) groups is 1. The Kier molecular flexibility index (Phi) is 5.90. The highest BCUT2D eigenvalue weighted by Crippen LogP contribution is 2.19. The van der Waals surface area contributed by atoms with E-state index in [-0.39, 0.29) is 12.0 Å². The minimum Gasteiger partial charge on any atom is -0.376 e. The Morgan fingerprint density at radius 2 is 2.10 bits per heavy atom. The minimum absolute atomic E-state index is 0.0558. The number of hydrogen-bond donors (Lipinski definition) is 0. The lowest BCUT2D eigenvalue weighted by molar-refractivity contribution is 0.0501. The van der Waals surface area contributed by atoms with Crippen molar-refractivity contribution in [2.75, 3.05) is 13.2 Å². The number of ether oxygens (including phenoxy) is 1. The Morgan fingerprint density at radius 3 is 2.80 bits per heavy atom. The summed E-state index contributed by atoms with van der Waals surface area (Å²) in [5.74, 6) is -0.136. The molecule has 0 spiro atoms. The van der Waals surface area contributed by atoms with E-state index >= 15 is 0 Å². The number of pyridine rings is 1. The van der Waals surface area contributed by atoms with Crippen LogP contribution in [-0.4, -0.2) is 50.0 Å². The summed E-state index contributed by atoms with van der Waals surface area (Å²) >= 11 is 0. The number of amides is 1. The second kappa shape index (κ2) is 8.75. The van der Waals surface area contributed by atoms with Gasteiger partial charge in [-0.15, -0.1) is 5.10 Å². The molecule has 1 saturated heterocycles. The predicted molar refractivity (Wildman–Crippen MR) is 114 cm³/mol. The lowest BCUT2D eigenvalue weighted by Gasteiger charge is -2.25. The van der Waals surface area contributed by atoms with Gasteiger partial charge >= 0.3 is 0 Å². The molecule has 1 aliphatic heterocycles. The average Bonchev–Trinajstić information content (AvgIpc) is 3.37. The monoisotopic (exact) mass is 405 g/mol. The number of rotatable bonds is 6. The molecule has 1 fully saturated rings. The predicted octanol–water partition coefficient (Wildman–Crippen LogP) is 3.41. The van der Waals surface area contributed by atoms with Gasteiger partial charge in [0.05, 0.1) is 17.5 Å². The van der Waals surface area contributed by atoms with Crippen molar-refractivity contribution >= 4 is 5.91 Å². The zero-order valence-corrected chi connectivity index (χ0v) is 17.7. The number of hydrogen-bond acceptors (Lipinski definition) is 5. The van der Waals surface area contributed by atoms with Gasteiger partial charge in [-0.2, -0.15) is 9.90 Å². The van der Waals surface area contributed by atoms with Crippen LogP contribution in [-0.2, 0) is 11.3 Å². The van der Waals surface area contributed by atoms with E-state index < -0.39 is 0 Å². The van der Waals surface area contributed by atoms with Crippen molar-refractivity contribution < 1.29 is 9.53 Å². The Labute approximate surface area is 176 Å². The summed E-state index contributed by atoms with van der Waals surface area (Å²) < 4.78 is 5.79. The number of benzene rings is 1. The standard InChI is InChI=1S/C23H27N5O2/c1-16-8-9-21(17(2)12-16)28-25-18(3)22(26-28)23(29)27(15-20-7-5-11-30-20)14-19-6-4-10-24-13-19/h4,6,8-10,12-13,20H,5,7,11,14-15H2,1-3H3. The van der Waals surface area contributed by atoms with Gasteiger partial charge in [-0.1, -0.05) is 23.8 Å². The summed E-state index contributed by atoms with van der Waals surface area (Å²) in [5, 5.41) is 9.09. The molecule has 7 nitrogen and oxygen atoms in total. The van der Waals surface area contributed by atoms with Crippen LogP contribution in [0.15, 0.2) is 42.7 Å². The van der Waals surface area contributed by atoms with E-state index in [9.17, 15) is 4.79 Å². The van der Waals surface area contributed by atoms with Gasteiger partial charge in [0.15, 0.2) is 5.69 Å². The van der Waals surface area contributed by atoms with Crippen molar-refractivity contribution in [2.24, 2.45) is 0 Å². The molecule has 3 heterocycles. The molecule has 1 aliphatic rings. The maximum Gasteiger partial charge on any atom is 0.276 e. The van der Waals surface area contributed by atoms with Gasteiger partial charge in [0.2, 0.25) is 0 Å². The molecule has 1 atom stereocenters. The van der Waals surface area contributed by atoms with Crippen molar-refractivity contribution in [1.82, 2.24) is 24.9 Å². The first-order valence-electron chi connectivity index (χ1n) is 10.3. The van der Waals surface area contributed by atoms with Crippen LogP contribution in [0.4, 0.5) is 0 Å². The Hall–Kier alpha value is -3.06. The molecule has 3 aromatic rings. The molecular weight excluding hydrogens is 378 g/mol. The van der Waals surface area contributed by atoms with Gasteiger partial charge in [0, 0.05) is 32.1 Å². The zero-order chi connectivity index (χ0) is 21.1. The summed E-state index contributed by atoms with van der Waals surface area (Å²) in [5.41, 5.74) is 5.08. The smallest absolute Gasteiger partial charge is 0.276 e. The van der Waals surface area contributed by atoms with Gasteiger partial charge in [-0.25, -0.2) is 0 Å². The molecule has 0 bridgehead atoms. The first kappa shape index (κ1) is 20.2. The van der Waals surface area contributed by atoms with Crippen LogP contribution in [0, 0.1) is 20.8 Å². The fourth-order valence-electron chi connectivity index (χ4n) is 3.83. The number of nitrogens with zero attached hydrogens (tertiary/aromatic N) is 5. The molecule has 1 aromatic carbocycles. The van der Waals surface area contributed by atoms with E-state index in [1.807, 2.05) is 38.1 Å². The van der Waals surface area contributed by atoms with Crippen molar-refractivity contribution in [3.63, 3.8) is 0 Å². The molecule has 0 saturated carbocycles. The highest BCUT2D eigenvalue weighted by molar-refractivity contribution is 5.93. The van der Waals surface area contributed by atoms with Crippen LogP contribution in [0.5, 0.6) is 0 Å². The largest absolute Gasteiger partial charge is 0.376 e. The second-order valence-electron chi connectivity index (χ2n) is 7.90. The molecule has 1 amide bonds. The SMILES string of the molecule is Cc1ccc(-n2nc(C)c(C(=O)N(Cc3cccnc3)CC3CCCO3)n2)c(C)c1. The lowest BCUT2D eigenvalue weighted by Crippen LogP contribution is -2.37. The van der Waals surface area contributed by atoms with Gasteiger partial charge in [-0.05, 0) is 56.9 Å². The second-order valence-corrected chi connectivity index (χ2v) is 7.90. The van der Waals surface area contributed by atoms with Crippen LogP contribution in [0.1, 0.15) is 45.7 Å². The fraction of sp³-hybridized carbons (Fsp3) is 0.391. The topological polar surface area (TPSA) is 73.1 Å². The fourth-order valence-corrected chi connectivity index (χ4v) is 3.83. The molecule has 0 radical (unpaired) electrons. The quantitative estimate of drug-likeness (QED) is 0.628.